The van der Waals surface area contributed by atoms with Crippen LogP contribution < -0.4 is 5.73 Å². The maximum absolute atomic E-state index is 6.43. The van der Waals surface area contributed by atoms with Gasteiger partial charge in [-0.1, -0.05) is 37.3 Å². The molecule has 3 rings (SSSR count). The Morgan fingerprint density at radius 3 is 2.63 bits per heavy atom. The van der Waals surface area contributed by atoms with Crippen molar-refractivity contribution in [3.8, 4) is 0 Å². The molecule has 2 nitrogen and oxygen atoms in total. The monoisotopic (exact) mass is 272 g/mol. The largest absolute Gasteiger partial charge is 0.321 e. The van der Waals surface area contributed by atoms with E-state index >= 15 is 0 Å². The lowest BCUT2D eigenvalue weighted by molar-refractivity contribution is 0.590. The molecule has 1 heterocycles. The van der Waals surface area contributed by atoms with Crippen molar-refractivity contribution in [2.24, 2.45) is 5.73 Å². The van der Waals surface area contributed by atoms with Crippen molar-refractivity contribution in [3.05, 3.63) is 51.5 Å². The van der Waals surface area contributed by atoms with E-state index < -0.39 is 0 Å². The van der Waals surface area contributed by atoms with Gasteiger partial charge in [-0.05, 0) is 31.2 Å². The van der Waals surface area contributed by atoms with Gasteiger partial charge in [-0.25, -0.2) is 4.98 Å². The van der Waals surface area contributed by atoms with Gasteiger partial charge in [-0.3, -0.25) is 0 Å². The zero-order chi connectivity index (χ0) is 13.2. The Labute approximate surface area is 118 Å². The molecule has 0 fully saturated rings. The van der Waals surface area contributed by atoms with E-state index in [4.69, 9.17) is 10.7 Å². The predicted octanol–water partition coefficient (Wildman–Crippen LogP) is 3.83. The number of hydrogen-bond acceptors (Lipinski definition) is 3. The molecule has 0 saturated heterocycles. The number of benzene rings is 1. The molecular weight excluding hydrogens is 252 g/mol. The zero-order valence-corrected chi connectivity index (χ0v) is 12.1. The number of aryl methyl sites for hydroxylation is 2. The molecule has 1 aliphatic carbocycles. The standard InChI is InChI=1S/C16H20N2S/c1-11(12-7-3-2-4-8-12)15(17)16-18-13-9-5-6-10-14(13)19-16/h2-4,7-8,11,15H,5-6,9-10,17H2,1H3. The summed E-state index contributed by atoms with van der Waals surface area (Å²) < 4.78 is 0. The Morgan fingerprint density at radius 1 is 1.16 bits per heavy atom. The van der Waals surface area contributed by atoms with E-state index in [1.54, 1.807) is 0 Å². The van der Waals surface area contributed by atoms with Crippen LogP contribution in [-0.2, 0) is 12.8 Å². The van der Waals surface area contributed by atoms with Crippen LogP contribution in [0.5, 0.6) is 0 Å². The first kappa shape index (κ1) is 12.8. The summed E-state index contributed by atoms with van der Waals surface area (Å²) in [5, 5.41) is 1.11. The van der Waals surface area contributed by atoms with Crippen molar-refractivity contribution in [2.75, 3.05) is 0 Å². The number of fused-ring (bicyclic) bond motifs is 1. The predicted molar refractivity (Wildman–Crippen MR) is 80.5 cm³/mol. The van der Waals surface area contributed by atoms with Gasteiger partial charge in [0.05, 0.1) is 11.7 Å². The molecule has 2 N–H and O–H groups in total. The number of nitrogens with zero attached hydrogens (tertiary/aromatic N) is 1. The van der Waals surface area contributed by atoms with Crippen LogP contribution in [0.3, 0.4) is 0 Å². The second-order valence-electron chi connectivity index (χ2n) is 5.35. The lowest BCUT2D eigenvalue weighted by Crippen LogP contribution is -2.17. The Balaban J connectivity index is 1.83. The third kappa shape index (κ3) is 2.58. The van der Waals surface area contributed by atoms with Crippen LogP contribution in [0.15, 0.2) is 30.3 Å². The van der Waals surface area contributed by atoms with Gasteiger partial charge in [-0.15, -0.1) is 11.3 Å². The van der Waals surface area contributed by atoms with Crippen LogP contribution in [0.2, 0.25) is 0 Å². The summed E-state index contributed by atoms with van der Waals surface area (Å²) in [5.74, 6) is 0.314. The van der Waals surface area contributed by atoms with Crippen molar-refractivity contribution in [1.29, 1.82) is 0 Å². The van der Waals surface area contributed by atoms with E-state index in [9.17, 15) is 0 Å². The second kappa shape index (κ2) is 5.43. The minimum atomic E-state index is 0.0120. The van der Waals surface area contributed by atoms with Crippen LogP contribution in [0.4, 0.5) is 0 Å². The summed E-state index contributed by atoms with van der Waals surface area (Å²) >= 11 is 1.83. The van der Waals surface area contributed by atoms with Gasteiger partial charge < -0.3 is 5.73 Å². The number of rotatable bonds is 3. The molecule has 2 aromatic rings. The van der Waals surface area contributed by atoms with Crippen LogP contribution >= 0.6 is 11.3 Å². The molecule has 0 radical (unpaired) electrons. The van der Waals surface area contributed by atoms with Gasteiger partial charge in [0.25, 0.3) is 0 Å². The highest BCUT2D eigenvalue weighted by Crippen LogP contribution is 2.34. The SMILES string of the molecule is CC(c1ccccc1)C(N)c1nc2c(s1)CCCC2. The zero-order valence-electron chi connectivity index (χ0n) is 11.3. The average Bonchev–Trinajstić information content (AvgIpc) is 2.90. The lowest BCUT2D eigenvalue weighted by Gasteiger charge is -2.18. The minimum absolute atomic E-state index is 0.0120. The number of thiazole rings is 1. The third-order valence-corrected chi connectivity index (χ3v) is 5.27. The van der Waals surface area contributed by atoms with Crippen molar-refractivity contribution in [1.82, 2.24) is 4.98 Å². The number of aromatic nitrogens is 1. The molecule has 3 heteroatoms. The fourth-order valence-electron chi connectivity index (χ4n) is 2.69. The Bertz CT molecular complexity index is 524. The molecule has 2 unspecified atom stereocenters. The highest BCUT2D eigenvalue weighted by atomic mass is 32.1. The van der Waals surface area contributed by atoms with Crippen molar-refractivity contribution in [2.45, 2.75) is 44.6 Å². The van der Waals surface area contributed by atoms with Crippen LogP contribution in [-0.4, -0.2) is 4.98 Å². The number of nitrogens with two attached hydrogens (primary N) is 1. The fourth-order valence-corrected chi connectivity index (χ4v) is 3.95. The molecule has 0 bridgehead atoms. The second-order valence-corrected chi connectivity index (χ2v) is 6.47. The molecule has 1 aliphatic rings. The molecule has 2 atom stereocenters. The Hall–Kier alpha value is -1.19. The maximum Gasteiger partial charge on any atom is 0.110 e. The van der Waals surface area contributed by atoms with Gasteiger partial charge >= 0.3 is 0 Å². The molecular formula is C16H20N2S. The van der Waals surface area contributed by atoms with Gasteiger partial charge in [0, 0.05) is 10.8 Å². The summed E-state index contributed by atoms with van der Waals surface area (Å²) in [6.45, 7) is 2.19. The minimum Gasteiger partial charge on any atom is -0.321 e. The van der Waals surface area contributed by atoms with Crippen molar-refractivity contribution < 1.29 is 0 Å². The average molecular weight is 272 g/mol. The lowest BCUT2D eigenvalue weighted by atomic mass is 9.94. The van der Waals surface area contributed by atoms with Crippen LogP contribution in [0, 0.1) is 0 Å². The molecule has 0 aliphatic heterocycles. The molecule has 1 aromatic heterocycles. The van der Waals surface area contributed by atoms with E-state index in [1.165, 1.54) is 35.4 Å². The number of hydrogen-bond donors (Lipinski definition) is 1. The van der Waals surface area contributed by atoms with E-state index in [2.05, 4.69) is 31.2 Å². The van der Waals surface area contributed by atoms with Crippen molar-refractivity contribution >= 4 is 11.3 Å². The Kier molecular flexibility index (Phi) is 3.67. The summed E-state index contributed by atoms with van der Waals surface area (Å²) in [5.41, 5.74) is 9.03. The van der Waals surface area contributed by atoms with E-state index in [0.29, 0.717) is 5.92 Å². The first-order chi connectivity index (χ1) is 9.25. The van der Waals surface area contributed by atoms with E-state index in [-0.39, 0.29) is 6.04 Å². The highest BCUT2D eigenvalue weighted by Gasteiger charge is 2.23. The van der Waals surface area contributed by atoms with E-state index in [0.717, 1.165) is 11.4 Å². The normalized spacial score (nSPS) is 17.8. The van der Waals surface area contributed by atoms with E-state index in [1.807, 2.05) is 17.4 Å². The van der Waals surface area contributed by atoms with Gasteiger partial charge in [0.1, 0.15) is 5.01 Å². The highest BCUT2D eigenvalue weighted by molar-refractivity contribution is 7.11. The van der Waals surface area contributed by atoms with Crippen LogP contribution in [0.1, 0.15) is 52.9 Å². The van der Waals surface area contributed by atoms with Gasteiger partial charge in [0.15, 0.2) is 0 Å². The smallest absolute Gasteiger partial charge is 0.110 e. The first-order valence-corrected chi connectivity index (χ1v) is 7.86. The Morgan fingerprint density at radius 2 is 1.89 bits per heavy atom. The maximum atomic E-state index is 6.43. The third-order valence-electron chi connectivity index (χ3n) is 4.01. The quantitative estimate of drug-likeness (QED) is 0.922. The van der Waals surface area contributed by atoms with Crippen LogP contribution in [0.25, 0.3) is 0 Å². The summed E-state index contributed by atoms with van der Waals surface area (Å²) in [4.78, 5) is 6.26. The topological polar surface area (TPSA) is 38.9 Å². The first-order valence-electron chi connectivity index (χ1n) is 7.04. The van der Waals surface area contributed by atoms with Gasteiger partial charge in [0.2, 0.25) is 0 Å². The molecule has 0 amide bonds. The summed E-state index contributed by atoms with van der Waals surface area (Å²) in [7, 11) is 0. The molecule has 1 aromatic carbocycles. The van der Waals surface area contributed by atoms with Crippen molar-refractivity contribution in [3.63, 3.8) is 0 Å². The molecule has 0 saturated carbocycles. The van der Waals surface area contributed by atoms with Gasteiger partial charge in [-0.2, -0.15) is 0 Å². The molecule has 100 valence electrons. The molecule has 0 spiro atoms. The fraction of sp³-hybridized carbons (Fsp3) is 0.438. The summed E-state index contributed by atoms with van der Waals surface area (Å²) in [6, 6.07) is 10.5. The summed E-state index contributed by atoms with van der Waals surface area (Å²) in [6.07, 6.45) is 4.91. The molecule has 19 heavy (non-hydrogen) atoms.